The van der Waals surface area contributed by atoms with E-state index in [1.54, 1.807) is 0 Å². The van der Waals surface area contributed by atoms with Gasteiger partial charge in [-0.3, -0.25) is 9.59 Å². The Balaban J connectivity index is 2.22. The van der Waals surface area contributed by atoms with Crippen molar-refractivity contribution in [2.75, 3.05) is 0 Å². The zero-order valence-corrected chi connectivity index (χ0v) is 11.2. The van der Waals surface area contributed by atoms with Crippen molar-refractivity contribution in [3.05, 3.63) is 35.4 Å². The van der Waals surface area contributed by atoms with Crippen molar-refractivity contribution < 1.29 is 18.4 Å². The van der Waals surface area contributed by atoms with Crippen molar-refractivity contribution >= 4 is 11.8 Å². The Kier molecular flexibility index (Phi) is 4.01. The second-order valence-electron chi connectivity index (χ2n) is 5.30. The van der Waals surface area contributed by atoms with E-state index in [-0.39, 0.29) is 17.4 Å². The maximum Gasteiger partial charge on any atom is 0.247 e. The molecule has 2 amide bonds. The van der Waals surface area contributed by atoms with Gasteiger partial charge in [0.25, 0.3) is 0 Å². The molecule has 108 valence electrons. The third-order valence-electron chi connectivity index (χ3n) is 3.16. The molecular weight excluding hydrogens is 266 g/mol. The summed E-state index contributed by atoms with van der Waals surface area (Å²) in [4.78, 5) is 23.9. The van der Waals surface area contributed by atoms with Crippen LogP contribution in [0.15, 0.2) is 18.2 Å². The van der Waals surface area contributed by atoms with Crippen molar-refractivity contribution in [2.24, 2.45) is 5.92 Å². The number of hydrogen-bond donors (Lipinski definition) is 2. The molecule has 0 radical (unpaired) electrons. The summed E-state index contributed by atoms with van der Waals surface area (Å²) < 4.78 is 26.8. The Morgan fingerprint density at radius 1 is 1.15 bits per heavy atom. The van der Waals surface area contributed by atoms with Crippen LogP contribution in [-0.2, 0) is 9.59 Å². The lowest BCUT2D eigenvalue weighted by Gasteiger charge is -2.30. The molecule has 4 nitrogen and oxygen atoms in total. The summed E-state index contributed by atoms with van der Waals surface area (Å²) in [6.07, 6.45) is 0.496. The zero-order valence-electron chi connectivity index (χ0n) is 11.2. The number of rotatable bonds is 3. The normalized spacial score (nSPS) is 22.6. The van der Waals surface area contributed by atoms with Gasteiger partial charge in [0.05, 0.1) is 0 Å². The van der Waals surface area contributed by atoms with Gasteiger partial charge < -0.3 is 10.6 Å². The first kappa shape index (κ1) is 14.4. The summed E-state index contributed by atoms with van der Waals surface area (Å²) in [7, 11) is 0. The first-order valence-corrected chi connectivity index (χ1v) is 6.44. The minimum absolute atomic E-state index is 0.168. The molecule has 20 heavy (non-hydrogen) atoms. The number of piperazine rings is 1. The number of carbonyl (C=O) groups excluding carboxylic acids is 2. The molecule has 0 spiro atoms. The molecule has 0 bridgehead atoms. The fraction of sp³-hybridized carbons (Fsp3) is 0.429. The summed E-state index contributed by atoms with van der Waals surface area (Å²) in [5, 5.41) is 5.00. The van der Waals surface area contributed by atoms with E-state index in [2.05, 4.69) is 10.6 Å². The van der Waals surface area contributed by atoms with Gasteiger partial charge in [0.2, 0.25) is 11.8 Å². The van der Waals surface area contributed by atoms with E-state index in [0.717, 1.165) is 18.2 Å². The number of nitrogens with one attached hydrogen (secondary N) is 2. The molecule has 1 saturated heterocycles. The van der Waals surface area contributed by atoms with Crippen LogP contribution in [0.1, 0.15) is 31.9 Å². The van der Waals surface area contributed by atoms with Crippen molar-refractivity contribution in [2.45, 2.75) is 32.4 Å². The van der Waals surface area contributed by atoms with Gasteiger partial charge in [0.15, 0.2) is 0 Å². The lowest BCUT2D eigenvalue weighted by Crippen LogP contribution is -2.58. The average molecular weight is 282 g/mol. The third kappa shape index (κ3) is 2.95. The lowest BCUT2D eigenvalue weighted by atomic mass is 9.97. The Labute approximate surface area is 115 Å². The van der Waals surface area contributed by atoms with Crippen LogP contribution in [0, 0.1) is 17.6 Å². The number of halogens is 2. The molecule has 1 aromatic carbocycles. The highest BCUT2D eigenvalue weighted by Crippen LogP contribution is 2.22. The fourth-order valence-corrected chi connectivity index (χ4v) is 2.22. The Morgan fingerprint density at radius 3 is 2.50 bits per heavy atom. The highest BCUT2D eigenvalue weighted by Gasteiger charge is 2.36. The average Bonchev–Trinajstić information content (AvgIpc) is 2.36. The molecule has 1 aromatic rings. The van der Waals surface area contributed by atoms with Crippen LogP contribution in [0.5, 0.6) is 0 Å². The van der Waals surface area contributed by atoms with Crippen LogP contribution < -0.4 is 10.6 Å². The van der Waals surface area contributed by atoms with Gasteiger partial charge in [-0.25, -0.2) is 8.78 Å². The van der Waals surface area contributed by atoms with E-state index < -0.39 is 29.6 Å². The largest absolute Gasteiger partial charge is 0.342 e. The predicted octanol–water partition coefficient (Wildman–Crippen LogP) is 1.67. The van der Waals surface area contributed by atoms with Crippen LogP contribution in [0.2, 0.25) is 0 Å². The highest BCUT2D eigenvalue weighted by atomic mass is 19.1. The van der Waals surface area contributed by atoms with Crippen LogP contribution in [0.25, 0.3) is 0 Å². The maximum absolute atomic E-state index is 13.7. The lowest BCUT2D eigenvalue weighted by molar-refractivity contribution is -0.137. The molecule has 2 N–H and O–H groups in total. The van der Waals surface area contributed by atoms with Gasteiger partial charge in [0, 0.05) is 5.56 Å². The molecule has 1 aliphatic heterocycles. The molecule has 0 aromatic heterocycles. The predicted molar refractivity (Wildman–Crippen MR) is 68.6 cm³/mol. The van der Waals surface area contributed by atoms with Gasteiger partial charge in [-0.1, -0.05) is 13.8 Å². The van der Waals surface area contributed by atoms with Gasteiger partial charge in [-0.15, -0.1) is 0 Å². The second kappa shape index (κ2) is 5.56. The minimum Gasteiger partial charge on any atom is -0.342 e. The zero-order chi connectivity index (χ0) is 14.9. The van der Waals surface area contributed by atoms with E-state index in [1.165, 1.54) is 0 Å². The summed E-state index contributed by atoms with van der Waals surface area (Å²) in [5.41, 5.74) is -0.168. The number of carbonyl (C=O) groups is 2. The number of benzene rings is 1. The molecule has 0 aliphatic carbocycles. The second-order valence-corrected chi connectivity index (χ2v) is 5.30. The Hall–Kier alpha value is -1.98. The van der Waals surface area contributed by atoms with Crippen molar-refractivity contribution in [1.29, 1.82) is 0 Å². The van der Waals surface area contributed by atoms with Gasteiger partial charge in [-0.05, 0) is 30.5 Å². The summed E-state index contributed by atoms with van der Waals surface area (Å²) in [6.45, 7) is 3.86. The molecule has 0 saturated carbocycles. The third-order valence-corrected chi connectivity index (χ3v) is 3.16. The van der Waals surface area contributed by atoms with Gasteiger partial charge in [0.1, 0.15) is 23.7 Å². The summed E-state index contributed by atoms with van der Waals surface area (Å²) in [6, 6.07) is 0.993. The van der Waals surface area contributed by atoms with Crippen molar-refractivity contribution in [3.8, 4) is 0 Å². The van der Waals surface area contributed by atoms with Crippen LogP contribution in [0.4, 0.5) is 8.78 Å². The first-order chi connectivity index (χ1) is 9.38. The minimum atomic E-state index is -1.19. The van der Waals surface area contributed by atoms with Gasteiger partial charge in [-0.2, -0.15) is 0 Å². The van der Waals surface area contributed by atoms with E-state index in [9.17, 15) is 18.4 Å². The molecule has 1 aliphatic rings. The molecule has 2 atom stereocenters. The summed E-state index contributed by atoms with van der Waals surface area (Å²) in [5.74, 6) is -2.07. The van der Waals surface area contributed by atoms with Crippen molar-refractivity contribution in [3.63, 3.8) is 0 Å². The number of amides is 2. The standard InChI is InChI=1S/C14H16F2N2O2/c1-7(2)5-11-13(19)18-12(14(20)17-11)9-6-8(15)3-4-10(9)16/h3-4,6-7,11-12H,5H2,1-2H3,(H,17,20)(H,18,19)/t11-,12?/m1/s1. The Morgan fingerprint density at radius 2 is 1.85 bits per heavy atom. The molecule has 1 fully saturated rings. The van der Waals surface area contributed by atoms with E-state index in [0.29, 0.717) is 6.42 Å². The SMILES string of the molecule is CC(C)C[C@H]1NC(=O)C(c2cc(F)ccc2F)NC1=O. The van der Waals surface area contributed by atoms with Crippen LogP contribution in [0.3, 0.4) is 0 Å². The smallest absolute Gasteiger partial charge is 0.247 e. The molecule has 2 rings (SSSR count). The molecular formula is C14H16F2N2O2. The number of hydrogen-bond acceptors (Lipinski definition) is 2. The maximum atomic E-state index is 13.7. The molecule has 1 unspecified atom stereocenters. The van der Waals surface area contributed by atoms with Crippen LogP contribution >= 0.6 is 0 Å². The van der Waals surface area contributed by atoms with Crippen molar-refractivity contribution in [1.82, 2.24) is 10.6 Å². The molecule has 1 heterocycles. The first-order valence-electron chi connectivity index (χ1n) is 6.44. The van der Waals surface area contributed by atoms with Crippen LogP contribution in [-0.4, -0.2) is 17.9 Å². The topological polar surface area (TPSA) is 58.2 Å². The highest BCUT2D eigenvalue weighted by molar-refractivity contribution is 5.97. The van der Waals surface area contributed by atoms with E-state index in [4.69, 9.17) is 0 Å². The van der Waals surface area contributed by atoms with E-state index in [1.807, 2.05) is 13.8 Å². The monoisotopic (exact) mass is 282 g/mol. The molecule has 6 heteroatoms. The van der Waals surface area contributed by atoms with Gasteiger partial charge >= 0.3 is 0 Å². The Bertz CT molecular complexity index is 546. The summed E-state index contributed by atoms with van der Waals surface area (Å²) >= 11 is 0. The quantitative estimate of drug-likeness (QED) is 0.886. The fourth-order valence-electron chi connectivity index (χ4n) is 2.22. The van der Waals surface area contributed by atoms with E-state index >= 15 is 0 Å².